The lowest BCUT2D eigenvalue weighted by Crippen LogP contribution is -2.36. The molecular weight excluding hydrogens is 370 g/mol. The molecule has 2 aromatic rings. The van der Waals surface area contributed by atoms with Crippen molar-refractivity contribution in [2.75, 3.05) is 26.2 Å². The maximum atomic E-state index is 13.0. The second-order valence-corrected chi connectivity index (χ2v) is 10.0. The van der Waals surface area contributed by atoms with Crippen molar-refractivity contribution in [2.45, 2.75) is 57.9 Å². The van der Waals surface area contributed by atoms with Gasteiger partial charge in [0, 0.05) is 56.5 Å². The SMILES string of the molecule is Cn1nc(C2CC2)cc1C(=O)N1CCCN(Cc2csc(C(C)(C)C)n2)CC1. The van der Waals surface area contributed by atoms with Gasteiger partial charge in [-0.15, -0.1) is 11.3 Å². The van der Waals surface area contributed by atoms with Crippen molar-refractivity contribution >= 4 is 17.2 Å². The summed E-state index contributed by atoms with van der Waals surface area (Å²) in [6.45, 7) is 11.0. The smallest absolute Gasteiger partial charge is 0.272 e. The Kier molecular flexibility index (Phi) is 5.31. The third kappa shape index (κ3) is 4.30. The summed E-state index contributed by atoms with van der Waals surface area (Å²) in [4.78, 5) is 22.3. The highest BCUT2D eigenvalue weighted by Gasteiger charge is 2.30. The molecule has 0 atom stereocenters. The number of amides is 1. The second-order valence-electron chi connectivity index (χ2n) is 9.17. The fourth-order valence-electron chi connectivity index (χ4n) is 3.72. The summed E-state index contributed by atoms with van der Waals surface area (Å²) >= 11 is 1.75. The number of thiazole rings is 1. The van der Waals surface area contributed by atoms with Crippen LogP contribution in [0.3, 0.4) is 0 Å². The monoisotopic (exact) mass is 401 g/mol. The molecule has 0 N–H and O–H groups in total. The van der Waals surface area contributed by atoms with Crippen molar-refractivity contribution in [2.24, 2.45) is 7.05 Å². The van der Waals surface area contributed by atoms with E-state index in [1.54, 1.807) is 16.0 Å². The molecule has 2 aliphatic rings. The standard InChI is InChI=1S/C21H31N5OS/c1-21(2,3)20-22-16(14-28-20)13-25-8-5-9-26(11-10-25)19(27)18-12-17(15-6-7-15)23-24(18)4/h12,14-15H,5-11,13H2,1-4H3. The second kappa shape index (κ2) is 7.59. The van der Waals surface area contributed by atoms with E-state index in [9.17, 15) is 4.79 Å². The average molecular weight is 402 g/mol. The predicted octanol–water partition coefficient (Wildman–Crippen LogP) is 3.40. The molecule has 0 spiro atoms. The van der Waals surface area contributed by atoms with Crippen LogP contribution in [-0.4, -0.2) is 56.7 Å². The zero-order valence-corrected chi connectivity index (χ0v) is 18.3. The van der Waals surface area contributed by atoms with E-state index in [-0.39, 0.29) is 11.3 Å². The minimum atomic E-state index is 0.105. The zero-order valence-electron chi connectivity index (χ0n) is 17.4. The topological polar surface area (TPSA) is 54.3 Å². The molecule has 0 unspecified atom stereocenters. The van der Waals surface area contributed by atoms with Gasteiger partial charge in [0.1, 0.15) is 5.69 Å². The number of carbonyl (C=O) groups is 1. The Bertz CT molecular complexity index is 845. The molecule has 28 heavy (non-hydrogen) atoms. The molecule has 1 amide bonds. The van der Waals surface area contributed by atoms with Crippen LogP contribution in [0.2, 0.25) is 0 Å². The number of nitrogens with zero attached hydrogens (tertiary/aromatic N) is 5. The summed E-state index contributed by atoms with van der Waals surface area (Å²) in [6.07, 6.45) is 3.41. The molecule has 4 rings (SSSR count). The third-order valence-corrected chi connectivity index (χ3v) is 6.88. The normalized spacial score (nSPS) is 19.1. The van der Waals surface area contributed by atoms with Gasteiger partial charge in [0.15, 0.2) is 0 Å². The van der Waals surface area contributed by atoms with Crippen LogP contribution in [0.5, 0.6) is 0 Å². The molecule has 0 bridgehead atoms. The van der Waals surface area contributed by atoms with E-state index in [2.05, 4.69) is 36.1 Å². The molecule has 152 valence electrons. The van der Waals surface area contributed by atoms with E-state index in [1.807, 2.05) is 18.0 Å². The van der Waals surface area contributed by atoms with Crippen LogP contribution < -0.4 is 0 Å². The lowest BCUT2D eigenvalue weighted by molar-refractivity contribution is 0.0750. The molecule has 0 aromatic carbocycles. The summed E-state index contributed by atoms with van der Waals surface area (Å²) in [7, 11) is 1.89. The van der Waals surface area contributed by atoms with E-state index in [1.165, 1.54) is 17.8 Å². The fourth-order valence-corrected chi connectivity index (χ4v) is 4.61. The van der Waals surface area contributed by atoms with Crippen molar-refractivity contribution in [3.8, 4) is 0 Å². The van der Waals surface area contributed by atoms with Crippen LogP contribution in [0.4, 0.5) is 0 Å². The summed E-state index contributed by atoms with van der Waals surface area (Å²) in [6, 6.07) is 2.01. The first-order valence-electron chi connectivity index (χ1n) is 10.3. The lowest BCUT2D eigenvalue weighted by atomic mass is 9.98. The highest BCUT2D eigenvalue weighted by atomic mass is 32.1. The number of aromatic nitrogens is 3. The van der Waals surface area contributed by atoms with Crippen LogP contribution in [0.1, 0.15) is 72.8 Å². The Morgan fingerprint density at radius 2 is 2.00 bits per heavy atom. The van der Waals surface area contributed by atoms with Gasteiger partial charge in [-0.05, 0) is 25.3 Å². The molecule has 6 nitrogen and oxygen atoms in total. The molecular formula is C21H31N5OS. The van der Waals surface area contributed by atoms with Crippen LogP contribution in [0.15, 0.2) is 11.4 Å². The van der Waals surface area contributed by atoms with Crippen molar-refractivity contribution in [3.05, 3.63) is 33.5 Å². The van der Waals surface area contributed by atoms with Gasteiger partial charge < -0.3 is 4.90 Å². The Morgan fingerprint density at radius 1 is 1.21 bits per heavy atom. The minimum Gasteiger partial charge on any atom is -0.336 e. The summed E-state index contributed by atoms with van der Waals surface area (Å²) < 4.78 is 1.77. The quantitative estimate of drug-likeness (QED) is 0.788. The van der Waals surface area contributed by atoms with E-state index in [0.717, 1.165) is 56.2 Å². The predicted molar refractivity (Wildman–Crippen MR) is 112 cm³/mol. The number of hydrogen-bond donors (Lipinski definition) is 0. The van der Waals surface area contributed by atoms with Crippen molar-refractivity contribution < 1.29 is 4.79 Å². The molecule has 1 saturated heterocycles. The van der Waals surface area contributed by atoms with Crippen LogP contribution >= 0.6 is 11.3 Å². The molecule has 2 aromatic heterocycles. The maximum Gasteiger partial charge on any atom is 0.272 e. The molecule has 2 fully saturated rings. The van der Waals surface area contributed by atoms with E-state index < -0.39 is 0 Å². The summed E-state index contributed by atoms with van der Waals surface area (Å²) in [5.41, 5.74) is 3.06. The average Bonchev–Trinajstić information content (AvgIpc) is 3.31. The van der Waals surface area contributed by atoms with Gasteiger partial charge in [-0.2, -0.15) is 5.10 Å². The first kappa shape index (κ1) is 19.6. The van der Waals surface area contributed by atoms with Gasteiger partial charge in [-0.1, -0.05) is 20.8 Å². The van der Waals surface area contributed by atoms with Gasteiger partial charge in [-0.25, -0.2) is 4.98 Å². The van der Waals surface area contributed by atoms with Gasteiger partial charge >= 0.3 is 0 Å². The minimum absolute atomic E-state index is 0.105. The number of hydrogen-bond acceptors (Lipinski definition) is 5. The van der Waals surface area contributed by atoms with E-state index >= 15 is 0 Å². The zero-order chi connectivity index (χ0) is 19.9. The van der Waals surface area contributed by atoms with Crippen molar-refractivity contribution in [1.82, 2.24) is 24.6 Å². The number of rotatable bonds is 4. The Morgan fingerprint density at radius 3 is 2.68 bits per heavy atom. The van der Waals surface area contributed by atoms with Crippen LogP contribution in [-0.2, 0) is 19.0 Å². The van der Waals surface area contributed by atoms with Crippen molar-refractivity contribution in [1.29, 1.82) is 0 Å². The lowest BCUT2D eigenvalue weighted by Gasteiger charge is -2.21. The Labute approximate surface area is 171 Å². The van der Waals surface area contributed by atoms with Gasteiger partial charge in [0.2, 0.25) is 0 Å². The molecule has 1 aliphatic carbocycles. The molecule has 7 heteroatoms. The van der Waals surface area contributed by atoms with Crippen LogP contribution in [0, 0.1) is 0 Å². The van der Waals surface area contributed by atoms with E-state index in [4.69, 9.17) is 4.98 Å². The highest BCUT2D eigenvalue weighted by molar-refractivity contribution is 7.09. The van der Waals surface area contributed by atoms with E-state index in [0.29, 0.717) is 5.92 Å². The number of carbonyl (C=O) groups excluding carboxylic acids is 1. The molecule has 3 heterocycles. The fraction of sp³-hybridized carbons (Fsp3) is 0.667. The van der Waals surface area contributed by atoms with Gasteiger partial charge in [0.25, 0.3) is 5.91 Å². The maximum absolute atomic E-state index is 13.0. The summed E-state index contributed by atoms with van der Waals surface area (Å²) in [5.74, 6) is 0.691. The highest BCUT2D eigenvalue weighted by Crippen LogP contribution is 2.39. The Balaban J connectivity index is 1.37. The van der Waals surface area contributed by atoms with Crippen molar-refractivity contribution in [3.63, 3.8) is 0 Å². The first-order chi connectivity index (χ1) is 13.3. The Hall–Kier alpha value is -1.73. The summed E-state index contributed by atoms with van der Waals surface area (Å²) in [5, 5.41) is 7.93. The van der Waals surface area contributed by atoms with Crippen LogP contribution in [0.25, 0.3) is 0 Å². The molecule has 1 saturated carbocycles. The van der Waals surface area contributed by atoms with Gasteiger partial charge in [-0.3, -0.25) is 14.4 Å². The van der Waals surface area contributed by atoms with Gasteiger partial charge in [0.05, 0.1) is 16.4 Å². The molecule has 0 radical (unpaired) electrons. The third-order valence-electron chi connectivity index (χ3n) is 5.57. The number of aryl methyl sites for hydroxylation is 1. The first-order valence-corrected chi connectivity index (χ1v) is 11.2. The molecule has 1 aliphatic heterocycles. The largest absolute Gasteiger partial charge is 0.336 e.